The van der Waals surface area contributed by atoms with Crippen LogP contribution in [0.25, 0.3) is 0 Å². The van der Waals surface area contributed by atoms with Crippen LogP contribution in [-0.4, -0.2) is 6.04 Å². The van der Waals surface area contributed by atoms with E-state index in [9.17, 15) is 0 Å². The molecule has 1 aliphatic rings. The van der Waals surface area contributed by atoms with Gasteiger partial charge in [-0.25, -0.2) is 0 Å². The van der Waals surface area contributed by atoms with E-state index in [0.717, 1.165) is 5.92 Å². The van der Waals surface area contributed by atoms with Crippen LogP contribution in [0.2, 0.25) is 0 Å². The van der Waals surface area contributed by atoms with Crippen LogP contribution >= 0.6 is 0 Å². The first-order valence-electron chi connectivity index (χ1n) is 3.30. The second-order valence-corrected chi connectivity index (χ2v) is 3.56. The zero-order valence-corrected chi connectivity index (χ0v) is 5.94. The summed E-state index contributed by atoms with van der Waals surface area (Å²) in [6, 6.07) is 0.456. The van der Waals surface area contributed by atoms with Crippen molar-refractivity contribution in [3.05, 3.63) is 0 Å². The molecule has 0 aromatic heterocycles. The van der Waals surface area contributed by atoms with Gasteiger partial charge in [0.2, 0.25) is 0 Å². The van der Waals surface area contributed by atoms with Gasteiger partial charge in [0.1, 0.15) is 0 Å². The molecule has 1 heteroatoms. The van der Waals surface area contributed by atoms with E-state index in [1.807, 2.05) is 0 Å². The van der Waals surface area contributed by atoms with Crippen LogP contribution in [0.4, 0.5) is 0 Å². The first-order chi connectivity index (χ1) is 3.55. The predicted molar refractivity (Wildman–Crippen MR) is 35.5 cm³/mol. The van der Waals surface area contributed by atoms with Crippen molar-refractivity contribution in [1.82, 2.24) is 0 Å². The Balaban J connectivity index is 2.52. The van der Waals surface area contributed by atoms with Gasteiger partial charge in [0.05, 0.1) is 0 Å². The van der Waals surface area contributed by atoms with Crippen LogP contribution in [0.15, 0.2) is 0 Å². The Hall–Kier alpha value is -0.0400. The molecule has 2 atom stereocenters. The Morgan fingerprint density at radius 3 is 2.00 bits per heavy atom. The lowest BCUT2D eigenvalue weighted by Crippen LogP contribution is -2.53. The van der Waals surface area contributed by atoms with Gasteiger partial charge in [-0.05, 0) is 17.8 Å². The fourth-order valence-electron chi connectivity index (χ4n) is 1.19. The Morgan fingerprint density at radius 1 is 1.50 bits per heavy atom. The summed E-state index contributed by atoms with van der Waals surface area (Å²) in [4.78, 5) is 0. The maximum absolute atomic E-state index is 5.75. The van der Waals surface area contributed by atoms with Crippen molar-refractivity contribution in [1.29, 1.82) is 0 Å². The van der Waals surface area contributed by atoms with Crippen molar-refractivity contribution in [2.45, 2.75) is 33.2 Å². The summed E-state index contributed by atoms with van der Waals surface area (Å²) in [6.07, 6.45) is 1.22. The molecule has 0 amide bonds. The number of hydrogen-bond donors (Lipinski definition) is 1. The topological polar surface area (TPSA) is 26.0 Å². The predicted octanol–water partition coefficient (Wildman–Crippen LogP) is 1.38. The van der Waals surface area contributed by atoms with Crippen molar-refractivity contribution in [2.75, 3.05) is 0 Å². The third kappa shape index (κ3) is 0.576. The van der Waals surface area contributed by atoms with Gasteiger partial charge in [-0.15, -0.1) is 0 Å². The van der Waals surface area contributed by atoms with Gasteiger partial charge in [0.25, 0.3) is 0 Å². The zero-order valence-electron chi connectivity index (χ0n) is 5.94. The summed E-state index contributed by atoms with van der Waals surface area (Å²) in [5.41, 5.74) is 6.16. The third-order valence-corrected chi connectivity index (χ3v) is 2.83. The van der Waals surface area contributed by atoms with Crippen molar-refractivity contribution in [2.24, 2.45) is 17.1 Å². The summed E-state index contributed by atoms with van der Waals surface area (Å²) in [7, 11) is 0. The van der Waals surface area contributed by atoms with Crippen LogP contribution in [0.5, 0.6) is 0 Å². The summed E-state index contributed by atoms with van der Waals surface area (Å²) >= 11 is 0. The van der Waals surface area contributed by atoms with Crippen molar-refractivity contribution >= 4 is 0 Å². The molecule has 0 aromatic carbocycles. The van der Waals surface area contributed by atoms with E-state index in [-0.39, 0.29) is 0 Å². The Labute approximate surface area is 51.3 Å². The fraction of sp³-hybridized carbons (Fsp3) is 1.00. The molecule has 1 aliphatic carbocycles. The molecule has 0 aromatic rings. The normalized spacial score (nSPS) is 43.5. The van der Waals surface area contributed by atoms with Gasteiger partial charge >= 0.3 is 0 Å². The van der Waals surface area contributed by atoms with Crippen LogP contribution in [0.3, 0.4) is 0 Å². The molecule has 48 valence electrons. The summed E-state index contributed by atoms with van der Waals surface area (Å²) < 4.78 is 0. The molecule has 0 bridgehead atoms. The molecule has 0 aliphatic heterocycles. The largest absolute Gasteiger partial charge is 0.327 e. The summed E-state index contributed by atoms with van der Waals surface area (Å²) in [5.74, 6) is 0.831. The maximum atomic E-state index is 5.75. The molecule has 0 unspecified atom stereocenters. The minimum absolute atomic E-state index is 0.417. The Bertz CT molecular complexity index is 86.6. The zero-order chi connectivity index (χ0) is 6.36. The second kappa shape index (κ2) is 1.47. The summed E-state index contributed by atoms with van der Waals surface area (Å²) in [5, 5.41) is 0. The molecule has 0 heterocycles. The lowest BCUT2D eigenvalue weighted by atomic mass is 9.60. The van der Waals surface area contributed by atoms with Crippen molar-refractivity contribution in [3.8, 4) is 0 Å². The van der Waals surface area contributed by atoms with Gasteiger partial charge in [-0.2, -0.15) is 0 Å². The smallest absolute Gasteiger partial charge is 0.00955 e. The van der Waals surface area contributed by atoms with Gasteiger partial charge in [0.15, 0.2) is 0 Å². The highest BCUT2D eigenvalue weighted by Crippen LogP contribution is 2.44. The van der Waals surface area contributed by atoms with E-state index < -0.39 is 0 Å². The minimum Gasteiger partial charge on any atom is -0.327 e. The maximum Gasteiger partial charge on any atom is 0.00955 e. The second-order valence-electron chi connectivity index (χ2n) is 3.56. The number of rotatable bonds is 0. The highest BCUT2D eigenvalue weighted by atomic mass is 14.7. The molecule has 1 saturated carbocycles. The van der Waals surface area contributed by atoms with Crippen LogP contribution < -0.4 is 5.73 Å². The van der Waals surface area contributed by atoms with Gasteiger partial charge in [-0.1, -0.05) is 20.8 Å². The average Bonchev–Trinajstić information content (AvgIpc) is 1.68. The highest BCUT2D eigenvalue weighted by molar-refractivity contribution is 4.96. The standard InChI is InChI=1S/C7H15N/c1-5-4-6(8)7(5,2)3/h5-6H,4,8H2,1-3H3/t5-,6+/m1/s1. The first-order valence-corrected chi connectivity index (χ1v) is 3.30. The van der Waals surface area contributed by atoms with E-state index in [1.165, 1.54) is 6.42 Å². The molecule has 0 radical (unpaired) electrons. The number of nitrogens with two attached hydrogens (primary N) is 1. The molecular formula is C7H15N. The van der Waals surface area contributed by atoms with Crippen LogP contribution in [-0.2, 0) is 0 Å². The molecular weight excluding hydrogens is 98.1 g/mol. The van der Waals surface area contributed by atoms with Crippen molar-refractivity contribution < 1.29 is 0 Å². The van der Waals surface area contributed by atoms with Crippen molar-refractivity contribution in [3.63, 3.8) is 0 Å². The lowest BCUT2D eigenvalue weighted by molar-refractivity contribution is 0.0527. The van der Waals surface area contributed by atoms with Gasteiger partial charge in [-0.3, -0.25) is 0 Å². The van der Waals surface area contributed by atoms with Crippen LogP contribution in [0, 0.1) is 11.3 Å². The summed E-state index contributed by atoms with van der Waals surface area (Å²) in [6.45, 7) is 6.75. The SMILES string of the molecule is C[C@@H]1C[C@H](N)C1(C)C. The first kappa shape index (κ1) is 6.09. The van der Waals surface area contributed by atoms with E-state index in [2.05, 4.69) is 20.8 Å². The fourth-order valence-corrected chi connectivity index (χ4v) is 1.19. The van der Waals surface area contributed by atoms with E-state index >= 15 is 0 Å². The van der Waals surface area contributed by atoms with Gasteiger partial charge < -0.3 is 5.73 Å². The molecule has 0 spiro atoms. The lowest BCUT2D eigenvalue weighted by Gasteiger charge is -2.48. The molecule has 2 N–H and O–H groups in total. The molecule has 8 heavy (non-hydrogen) atoms. The third-order valence-electron chi connectivity index (χ3n) is 2.83. The van der Waals surface area contributed by atoms with Crippen LogP contribution in [0.1, 0.15) is 27.2 Å². The molecule has 0 saturated heterocycles. The van der Waals surface area contributed by atoms with E-state index in [0.29, 0.717) is 11.5 Å². The average molecular weight is 113 g/mol. The minimum atomic E-state index is 0.417. The molecule has 1 nitrogen and oxygen atoms in total. The highest BCUT2D eigenvalue weighted by Gasteiger charge is 2.42. The number of hydrogen-bond acceptors (Lipinski definition) is 1. The quantitative estimate of drug-likeness (QED) is 0.504. The Morgan fingerprint density at radius 2 is 2.00 bits per heavy atom. The molecule has 1 rings (SSSR count). The van der Waals surface area contributed by atoms with Gasteiger partial charge in [0, 0.05) is 6.04 Å². The Kier molecular flexibility index (Phi) is 1.12. The van der Waals surface area contributed by atoms with E-state index in [1.54, 1.807) is 0 Å². The van der Waals surface area contributed by atoms with E-state index in [4.69, 9.17) is 5.73 Å². The monoisotopic (exact) mass is 113 g/mol. The molecule has 1 fully saturated rings.